The van der Waals surface area contributed by atoms with Gasteiger partial charge in [-0.15, -0.1) is 0 Å². The maximum absolute atomic E-state index is 14.4. The van der Waals surface area contributed by atoms with E-state index in [1.807, 2.05) is 30.3 Å². The van der Waals surface area contributed by atoms with E-state index in [4.69, 9.17) is 16.3 Å². The number of carboxylic acid groups (broad SMARTS) is 1. The summed E-state index contributed by atoms with van der Waals surface area (Å²) in [6.45, 7) is 2.60. The predicted octanol–water partition coefficient (Wildman–Crippen LogP) is 5.57. The second-order valence-electron chi connectivity index (χ2n) is 6.20. The Kier molecular flexibility index (Phi) is 6.03. The first-order valence-corrected chi connectivity index (χ1v) is 8.22. The van der Waals surface area contributed by atoms with Crippen LogP contribution in [-0.4, -0.2) is 30.0 Å². The Morgan fingerprint density at radius 1 is 1.19 bits per heavy atom. The topological polar surface area (TPSA) is 46.5 Å². The molecule has 1 atom stereocenters. The normalized spacial score (nSPS) is 15.8. The van der Waals surface area contributed by atoms with E-state index in [1.54, 1.807) is 12.1 Å². The lowest BCUT2D eigenvalue weighted by Gasteiger charge is -2.32. The van der Waals surface area contributed by atoms with Gasteiger partial charge < -0.3 is 9.84 Å². The average molecular weight is 381 g/mol. The SMILES string of the molecule is CC(C)(F)C1Oc2cc(-c3ccccc3)c(Cl)cc2C=C1C(=O)O.CF. The minimum Gasteiger partial charge on any atom is -0.481 e. The second kappa shape index (κ2) is 7.87. The van der Waals surface area contributed by atoms with Crippen LogP contribution >= 0.6 is 11.6 Å². The van der Waals surface area contributed by atoms with E-state index in [0.717, 1.165) is 11.1 Å². The largest absolute Gasteiger partial charge is 0.481 e. The van der Waals surface area contributed by atoms with Crippen LogP contribution in [0.3, 0.4) is 0 Å². The molecule has 0 aromatic heterocycles. The minimum atomic E-state index is -1.84. The maximum Gasteiger partial charge on any atom is 0.335 e. The number of ether oxygens (including phenoxy) is 1. The van der Waals surface area contributed by atoms with Crippen molar-refractivity contribution in [3.8, 4) is 16.9 Å². The number of benzene rings is 2. The highest BCUT2D eigenvalue weighted by atomic mass is 35.5. The zero-order valence-corrected chi connectivity index (χ0v) is 15.3. The van der Waals surface area contributed by atoms with E-state index < -0.39 is 17.7 Å². The van der Waals surface area contributed by atoms with Gasteiger partial charge in [0.2, 0.25) is 0 Å². The molecule has 1 N–H and O–H groups in total. The van der Waals surface area contributed by atoms with Crippen molar-refractivity contribution in [2.45, 2.75) is 25.6 Å². The Balaban J connectivity index is 0.00000117. The van der Waals surface area contributed by atoms with E-state index in [1.165, 1.54) is 19.9 Å². The Hall–Kier alpha value is -2.40. The predicted molar refractivity (Wildman–Crippen MR) is 99.1 cm³/mol. The van der Waals surface area contributed by atoms with Crippen LogP contribution in [0.1, 0.15) is 19.4 Å². The Morgan fingerprint density at radius 2 is 1.81 bits per heavy atom. The molecule has 0 saturated heterocycles. The molecule has 0 aliphatic carbocycles. The van der Waals surface area contributed by atoms with Gasteiger partial charge >= 0.3 is 5.97 Å². The molecule has 0 fully saturated rings. The van der Waals surface area contributed by atoms with Crippen molar-refractivity contribution >= 4 is 23.6 Å². The zero-order chi connectivity index (χ0) is 19.5. The van der Waals surface area contributed by atoms with Crippen LogP contribution < -0.4 is 4.74 Å². The smallest absolute Gasteiger partial charge is 0.335 e. The molecule has 0 bridgehead atoms. The standard InChI is InChI=1S/C19H16ClFO3.CH3F/c1-19(2,21)17-14(18(22)23)8-12-9-15(20)13(10-16(12)24-17)11-6-4-3-5-7-11;1-2/h3-10,17H,1-2H3,(H,22,23);1H3. The van der Waals surface area contributed by atoms with Crippen molar-refractivity contribution in [3.63, 3.8) is 0 Å². The van der Waals surface area contributed by atoms with Crippen LogP contribution in [0.25, 0.3) is 17.2 Å². The lowest BCUT2D eigenvalue weighted by Crippen LogP contribution is -2.42. The quantitative estimate of drug-likeness (QED) is 0.757. The van der Waals surface area contributed by atoms with Crippen LogP contribution in [0.2, 0.25) is 5.02 Å². The van der Waals surface area contributed by atoms with Gasteiger partial charge in [0.15, 0.2) is 6.10 Å². The van der Waals surface area contributed by atoms with Crippen molar-refractivity contribution in [1.82, 2.24) is 0 Å². The number of fused-ring (bicyclic) bond motifs is 1. The molecule has 1 unspecified atom stereocenters. The van der Waals surface area contributed by atoms with Gasteiger partial charge in [-0.1, -0.05) is 41.9 Å². The average Bonchev–Trinajstić information content (AvgIpc) is 2.61. The molecule has 1 heterocycles. The molecule has 26 heavy (non-hydrogen) atoms. The zero-order valence-electron chi connectivity index (χ0n) is 14.6. The molecular weight excluding hydrogens is 362 g/mol. The number of hydrogen-bond acceptors (Lipinski definition) is 2. The molecule has 6 heteroatoms. The molecule has 1 aliphatic rings. The Labute approximate surface area is 155 Å². The number of rotatable bonds is 3. The van der Waals surface area contributed by atoms with E-state index >= 15 is 0 Å². The number of alkyl halides is 2. The van der Waals surface area contributed by atoms with Crippen LogP contribution in [0.15, 0.2) is 48.0 Å². The fourth-order valence-corrected chi connectivity index (χ4v) is 3.02. The third kappa shape index (κ3) is 4.05. The second-order valence-corrected chi connectivity index (χ2v) is 6.61. The molecule has 2 aromatic rings. The van der Waals surface area contributed by atoms with Crippen LogP contribution in [0, 0.1) is 0 Å². The monoisotopic (exact) mass is 380 g/mol. The van der Waals surface area contributed by atoms with Gasteiger partial charge in [-0.2, -0.15) is 0 Å². The molecule has 0 spiro atoms. The molecule has 2 aromatic carbocycles. The number of carboxylic acids is 1. The molecule has 3 nitrogen and oxygen atoms in total. The lowest BCUT2D eigenvalue weighted by atomic mass is 9.91. The van der Waals surface area contributed by atoms with Gasteiger partial charge in [-0.25, -0.2) is 9.18 Å². The van der Waals surface area contributed by atoms with Crippen LogP contribution in [-0.2, 0) is 4.79 Å². The first kappa shape index (κ1) is 19.9. The summed E-state index contributed by atoms with van der Waals surface area (Å²) in [7, 11) is 0.500. The van der Waals surface area contributed by atoms with E-state index in [-0.39, 0.29) is 5.57 Å². The summed E-state index contributed by atoms with van der Waals surface area (Å²) in [4.78, 5) is 11.4. The molecule has 0 saturated carbocycles. The van der Waals surface area contributed by atoms with E-state index in [0.29, 0.717) is 23.5 Å². The van der Waals surface area contributed by atoms with Crippen molar-refractivity contribution in [2.75, 3.05) is 7.18 Å². The summed E-state index contributed by atoms with van der Waals surface area (Å²) in [5.74, 6) is -0.793. The van der Waals surface area contributed by atoms with Crippen molar-refractivity contribution in [3.05, 3.63) is 58.6 Å². The maximum atomic E-state index is 14.4. The lowest BCUT2D eigenvalue weighted by molar-refractivity contribution is -0.134. The molecule has 3 rings (SSSR count). The van der Waals surface area contributed by atoms with Crippen molar-refractivity contribution < 1.29 is 23.4 Å². The fraction of sp³-hybridized carbons (Fsp3) is 0.250. The fourth-order valence-electron chi connectivity index (χ4n) is 2.74. The highest BCUT2D eigenvalue weighted by Gasteiger charge is 2.40. The van der Waals surface area contributed by atoms with Crippen molar-refractivity contribution in [1.29, 1.82) is 0 Å². The molecule has 1 aliphatic heterocycles. The first-order chi connectivity index (χ1) is 12.3. The third-order valence-electron chi connectivity index (χ3n) is 3.89. The van der Waals surface area contributed by atoms with Crippen LogP contribution in [0.5, 0.6) is 5.75 Å². The minimum absolute atomic E-state index is 0.126. The summed E-state index contributed by atoms with van der Waals surface area (Å²) in [6, 6.07) is 12.9. The molecule has 0 radical (unpaired) electrons. The van der Waals surface area contributed by atoms with Gasteiger partial charge in [-0.05, 0) is 37.6 Å². The van der Waals surface area contributed by atoms with Crippen LogP contribution in [0.4, 0.5) is 8.78 Å². The molecular formula is C20H19ClF2O3. The van der Waals surface area contributed by atoms with Gasteiger partial charge in [0.1, 0.15) is 11.4 Å². The first-order valence-electron chi connectivity index (χ1n) is 7.84. The van der Waals surface area contributed by atoms with E-state index in [2.05, 4.69) is 0 Å². The summed E-state index contributed by atoms with van der Waals surface area (Å²) in [6.07, 6.45) is 0.237. The molecule has 138 valence electrons. The van der Waals surface area contributed by atoms with Crippen molar-refractivity contribution in [2.24, 2.45) is 0 Å². The highest BCUT2D eigenvalue weighted by molar-refractivity contribution is 6.33. The summed E-state index contributed by atoms with van der Waals surface area (Å²) in [5, 5.41) is 9.83. The Morgan fingerprint density at radius 3 is 2.35 bits per heavy atom. The summed E-state index contributed by atoms with van der Waals surface area (Å²) >= 11 is 6.34. The summed E-state index contributed by atoms with van der Waals surface area (Å²) in [5.41, 5.74) is 0.210. The van der Waals surface area contributed by atoms with Gasteiger partial charge in [0.05, 0.1) is 12.8 Å². The Bertz CT molecular complexity index is 827. The van der Waals surface area contributed by atoms with Gasteiger partial charge in [0.25, 0.3) is 0 Å². The van der Waals surface area contributed by atoms with Gasteiger partial charge in [-0.3, -0.25) is 4.39 Å². The van der Waals surface area contributed by atoms with Gasteiger partial charge in [0, 0.05) is 16.1 Å². The third-order valence-corrected chi connectivity index (χ3v) is 4.21. The van der Waals surface area contributed by atoms with E-state index in [9.17, 15) is 18.7 Å². The summed E-state index contributed by atoms with van der Waals surface area (Å²) < 4.78 is 29.6. The number of halogens is 3. The molecule has 0 amide bonds. The number of carbonyl (C=O) groups is 1. The number of hydrogen-bond donors (Lipinski definition) is 1. The highest BCUT2D eigenvalue weighted by Crippen LogP contribution is 2.40. The number of aliphatic carboxylic acids is 1.